The van der Waals surface area contributed by atoms with E-state index in [1.807, 2.05) is 4.90 Å². The maximum atomic E-state index is 12.4. The summed E-state index contributed by atoms with van der Waals surface area (Å²) in [6.45, 7) is 1.43. The van der Waals surface area contributed by atoms with Gasteiger partial charge in [0.2, 0.25) is 5.88 Å². The van der Waals surface area contributed by atoms with E-state index in [1.54, 1.807) is 18.5 Å². The zero-order chi connectivity index (χ0) is 18.5. The lowest BCUT2D eigenvalue weighted by molar-refractivity contribution is 0.0717. The molecule has 1 aliphatic carbocycles. The van der Waals surface area contributed by atoms with Crippen molar-refractivity contribution < 1.29 is 13.9 Å². The minimum atomic E-state index is 0.0323. The maximum absolute atomic E-state index is 12.4. The number of aromatic nitrogens is 2. The molecule has 27 heavy (non-hydrogen) atoms. The van der Waals surface area contributed by atoms with Gasteiger partial charge < -0.3 is 19.4 Å². The zero-order valence-electron chi connectivity index (χ0n) is 15.5. The monoisotopic (exact) mass is 370 g/mol. The Morgan fingerprint density at radius 1 is 1.15 bits per heavy atom. The highest BCUT2D eigenvalue weighted by Crippen LogP contribution is 2.23. The Morgan fingerprint density at radius 3 is 2.70 bits per heavy atom. The number of hydrogen-bond donors (Lipinski definition) is 1. The molecule has 4 rings (SSSR count). The number of anilines is 1. The highest BCUT2D eigenvalue weighted by atomic mass is 16.5. The molecular weight excluding hydrogens is 344 g/mol. The van der Waals surface area contributed by atoms with Gasteiger partial charge in [0.15, 0.2) is 0 Å². The highest BCUT2D eigenvalue weighted by Gasteiger charge is 2.24. The number of amides is 1. The molecule has 7 nitrogen and oxygen atoms in total. The molecule has 1 saturated heterocycles. The van der Waals surface area contributed by atoms with E-state index in [9.17, 15) is 4.79 Å². The van der Waals surface area contributed by atoms with Crippen LogP contribution in [0.3, 0.4) is 0 Å². The fourth-order valence-corrected chi connectivity index (χ4v) is 3.83. The number of rotatable bonds is 5. The summed E-state index contributed by atoms with van der Waals surface area (Å²) >= 11 is 0. The molecule has 0 radical (unpaired) electrons. The van der Waals surface area contributed by atoms with Crippen LogP contribution in [0.2, 0.25) is 0 Å². The van der Waals surface area contributed by atoms with Crippen molar-refractivity contribution in [2.24, 2.45) is 0 Å². The molecule has 0 atom stereocenters. The summed E-state index contributed by atoms with van der Waals surface area (Å²) in [4.78, 5) is 23.1. The second-order valence-electron chi connectivity index (χ2n) is 7.34. The van der Waals surface area contributed by atoms with E-state index in [4.69, 9.17) is 9.15 Å². The Bertz CT molecular complexity index is 735. The fraction of sp³-hybridized carbons (Fsp3) is 0.550. The number of nitrogens with one attached hydrogen (secondary N) is 1. The standard InChI is InChI=1S/C20H26N4O3/c25-20(15-8-11-26-14-15)24-9-6-16(7-10-24)22-18-12-21-13-19(23-18)27-17-4-2-1-3-5-17/h8,11-14,16-17H,1-7,9-10H2,(H,22,23). The van der Waals surface area contributed by atoms with Gasteiger partial charge in [-0.25, -0.2) is 0 Å². The molecule has 7 heteroatoms. The van der Waals surface area contributed by atoms with E-state index in [-0.39, 0.29) is 18.1 Å². The molecule has 0 bridgehead atoms. The van der Waals surface area contributed by atoms with Crippen LogP contribution in [-0.4, -0.2) is 46.0 Å². The SMILES string of the molecule is O=C(c1ccoc1)N1CCC(Nc2cncc(OC3CCCCC3)n2)CC1. The van der Waals surface area contributed by atoms with Crippen molar-refractivity contribution in [3.05, 3.63) is 36.5 Å². The fourth-order valence-electron chi connectivity index (χ4n) is 3.83. The third-order valence-corrected chi connectivity index (χ3v) is 5.35. The topological polar surface area (TPSA) is 80.5 Å². The Morgan fingerprint density at radius 2 is 1.96 bits per heavy atom. The molecule has 2 aromatic heterocycles. The van der Waals surface area contributed by atoms with Crippen LogP contribution in [0.1, 0.15) is 55.3 Å². The van der Waals surface area contributed by atoms with Gasteiger partial charge in [-0.15, -0.1) is 0 Å². The Kier molecular flexibility index (Phi) is 5.55. The molecule has 2 fully saturated rings. The average Bonchev–Trinajstić information content (AvgIpc) is 3.24. The molecular formula is C20H26N4O3. The largest absolute Gasteiger partial charge is 0.473 e. The van der Waals surface area contributed by atoms with Crippen molar-refractivity contribution >= 4 is 11.7 Å². The van der Waals surface area contributed by atoms with Gasteiger partial charge in [-0.3, -0.25) is 9.78 Å². The van der Waals surface area contributed by atoms with Crippen LogP contribution in [0.5, 0.6) is 5.88 Å². The van der Waals surface area contributed by atoms with Crippen molar-refractivity contribution in [1.29, 1.82) is 0 Å². The first-order valence-electron chi connectivity index (χ1n) is 9.84. The third kappa shape index (κ3) is 4.59. The number of carbonyl (C=O) groups excluding carboxylic acids is 1. The van der Waals surface area contributed by atoms with Crippen molar-refractivity contribution in [2.75, 3.05) is 18.4 Å². The first-order chi connectivity index (χ1) is 13.3. The summed E-state index contributed by atoms with van der Waals surface area (Å²) in [5.74, 6) is 1.37. The van der Waals surface area contributed by atoms with E-state index in [2.05, 4.69) is 15.3 Å². The smallest absolute Gasteiger partial charge is 0.257 e. The van der Waals surface area contributed by atoms with Gasteiger partial charge in [-0.2, -0.15) is 4.98 Å². The molecule has 144 valence electrons. The normalized spacial score (nSPS) is 19.0. The van der Waals surface area contributed by atoms with Gasteiger partial charge in [0.05, 0.1) is 24.2 Å². The van der Waals surface area contributed by atoms with Crippen molar-refractivity contribution in [2.45, 2.75) is 57.1 Å². The molecule has 3 heterocycles. The van der Waals surface area contributed by atoms with Gasteiger partial charge in [-0.1, -0.05) is 6.42 Å². The molecule has 0 aromatic carbocycles. The van der Waals surface area contributed by atoms with Crippen LogP contribution in [0, 0.1) is 0 Å². The Balaban J connectivity index is 1.28. The average molecular weight is 370 g/mol. The molecule has 2 aromatic rings. The van der Waals surface area contributed by atoms with Crippen molar-refractivity contribution in [3.8, 4) is 5.88 Å². The molecule has 1 aliphatic heterocycles. The van der Waals surface area contributed by atoms with Gasteiger partial charge >= 0.3 is 0 Å². The van der Waals surface area contributed by atoms with Crippen LogP contribution in [0.4, 0.5) is 5.82 Å². The van der Waals surface area contributed by atoms with Gasteiger partial charge in [-0.05, 0) is 44.6 Å². The second kappa shape index (κ2) is 8.41. The van der Waals surface area contributed by atoms with Gasteiger partial charge in [0.25, 0.3) is 5.91 Å². The first-order valence-corrected chi connectivity index (χ1v) is 9.84. The number of carbonyl (C=O) groups is 1. The number of ether oxygens (including phenoxy) is 1. The number of piperidine rings is 1. The molecule has 0 unspecified atom stereocenters. The minimum absolute atomic E-state index is 0.0323. The van der Waals surface area contributed by atoms with Crippen LogP contribution < -0.4 is 10.1 Å². The lowest BCUT2D eigenvalue weighted by Gasteiger charge is -2.32. The van der Waals surface area contributed by atoms with E-state index in [0.717, 1.165) is 31.5 Å². The van der Waals surface area contributed by atoms with E-state index < -0.39 is 0 Å². The number of hydrogen-bond acceptors (Lipinski definition) is 6. The van der Waals surface area contributed by atoms with Crippen LogP contribution >= 0.6 is 0 Å². The van der Waals surface area contributed by atoms with Gasteiger partial charge in [0, 0.05) is 19.1 Å². The number of likely N-dealkylation sites (tertiary alicyclic amines) is 1. The Hall–Kier alpha value is -2.57. The Labute approximate surface area is 159 Å². The summed E-state index contributed by atoms with van der Waals surface area (Å²) in [6.07, 6.45) is 14.4. The first kappa shape index (κ1) is 17.8. The lowest BCUT2D eigenvalue weighted by atomic mass is 9.98. The minimum Gasteiger partial charge on any atom is -0.473 e. The summed E-state index contributed by atoms with van der Waals surface area (Å²) in [5, 5.41) is 3.44. The molecule has 2 aliphatic rings. The van der Waals surface area contributed by atoms with Crippen molar-refractivity contribution in [3.63, 3.8) is 0 Å². The summed E-state index contributed by atoms with van der Waals surface area (Å²) in [5.41, 5.74) is 0.611. The van der Waals surface area contributed by atoms with Gasteiger partial charge in [0.1, 0.15) is 18.2 Å². The van der Waals surface area contributed by atoms with E-state index >= 15 is 0 Å². The molecule has 0 spiro atoms. The lowest BCUT2D eigenvalue weighted by Crippen LogP contribution is -2.42. The number of nitrogens with zero attached hydrogens (tertiary/aromatic N) is 3. The second-order valence-corrected chi connectivity index (χ2v) is 7.34. The zero-order valence-corrected chi connectivity index (χ0v) is 15.5. The van der Waals surface area contributed by atoms with E-state index in [1.165, 1.54) is 31.8 Å². The summed E-state index contributed by atoms with van der Waals surface area (Å²) < 4.78 is 11.0. The highest BCUT2D eigenvalue weighted by molar-refractivity contribution is 5.93. The predicted octanol–water partition coefficient (Wildman–Crippen LogP) is 3.50. The van der Waals surface area contributed by atoms with E-state index in [0.29, 0.717) is 24.5 Å². The predicted molar refractivity (Wildman–Crippen MR) is 101 cm³/mol. The van der Waals surface area contributed by atoms with Crippen LogP contribution in [-0.2, 0) is 0 Å². The molecule has 1 saturated carbocycles. The molecule has 1 amide bonds. The number of furan rings is 1. The summed E-state index contributed by atoms with van der Waals surface area (Å²) in [6, 6.07) is 1.98. The van der Waals surface area contributed by atoms with Crippen LogP contribution in [0.25, 0.3) is 0 Å². The third-order valence-electron chi connectivity index (χ3n) is 5.35. The van der Waals surface area contributed by atoms with Crippen LogP contribution in [0.15, 0.2) is 35.4 Å². The molecule has 1 N–H and O–H groups in total. The maximum Gasteiger partial charge on any atom is 0.257 e. The van der Waals surface area contributed by atoms with Crippen molar-refractivity contribution in [1.82, 2.24) is 14.9 Å². The summed E-state index contributed by atoms with van der Waals surface area (Å²) in [7, 11) is 0. The quantitative estimate of drug-likeness (QED) is 0.868.